The molecule has 1 saturated carbocycles. The first-order valence-electron chi connectivity index (χ1n) is 17.4. The number of rotatable bonds is 16. The Morgan fingerprint density at radius 2 is 1.59 bits per heavy atom. The van der Waals surface area contributed by atoms with E-state index in [-0.39, 0.29) is 42.8 Å². The first kappa shape index (κ1) is 42.2. The summed E-state index contributed by atoms with van der Waals surface area (Å²) in [6, 6.07) is -4.55. The van der Waals surface area contributed by atoms with Crippen LogP contribution >= 0.6 is 0 Å². The number of carbonyl (C=O) groups excluding carboxylic acids is 5. The van der Waals surface area contributed by atoms with Crippen LogP contribution in [0.15, 0.2) is 12.7 Å². The van der Waals surface area contributed by atoms with Gasteiger partial charge in [-0.15, -0.1) is 6.58 Å². The zero-order valence-electron chi connectivity index (χ0n) is 31.7. The number of hydrogen-bond acceptors (Lipinski definition) is 7. The molecule has 2 aliphatic rings. The van der Waals surface area contributed by atoms with Gasteiger partial charge in [-0.05, 0) is 48.3 Å². The van der Waals surface area contributed by atoms with E-state index in [1.807, 2.05) is 62.3 Å². The maximum Gasteiger partial charge on any atom is 0.315 e. The van der Waals surface area contributed by atoms with Crippen LogP contribution in [0.25, 0.3) is 0 Å². The van der Waals surface area contributed by atoms with E-state index >= 15 is 0 Å². The number of Topliss-reactive ketones (excluding diaryl/α,β-unsaturated/α-hetero) is 1. The molecule has 14 heteroatoms. The van der Waals surface area contributed by atoms with Crippen LogP contribution in [0.2, 0.25) is 0 Å². The SMILES string of the molecule is C=CCNC(=O)C(=O)C(CCCC)NC(=O)[C@@H]1[C@@H]2[C@H](CN1C(=O)[C@@H](NC(=O)N[C@H](CN(C(C)C)S(C)(=O)=O)C(C)(C)C)C(C)(C)C)C2(C)C. The number of nitrogens with zero attached hydrogens (tertiary/aromatic N) is 2. The Bertz CT molecular complexity index is 1360. The molecule has 1 saturated heterocycles. The van der Waals surface area contributed by atoms with Gasteiger partial charge in [0.1, 0.15) is 12.1 Å². The van der Waals surface area contributed by atoms with Crippen LogP contribution in [0.1, 0.15) is 95.4 Å². The van der Waals surface area contributed by atoms with Gasteiger partial charge in [-0.1, -0.05) is 81.2 Å². The second-order valence-corrected chi connectivity index (χ2v) is 18.7. The van der Waals surface area contributed by atoms with Crippen LogP contribution in [0.3, 0.4) is 0 Å². The van der Waals surface area contributed by atoms with Gasteiger partial charge in [-0.3, -0.25) is 19.2 Å². The van der Waals surface area contributed by atoms with Crippen LogP contribution in [0.5, 0.6) is 0 Å². The molecule has 0 aromatic rings. The lowest BCUT2D eigenvalue weighted by Gasteiger charge is -2.39. The Kier molecular flexibility index (Phi) is 13.7. The third-order valence-corrected chi connectivity index (χ3v) is 11.4. The quantitative estimate of drug-likeness (QED) is 0.141. The number of urea groups is 1. The van der Waals surface area contributed by atoms with Crippen molar-refractivity contribution in [2.75, 3.05) is 25.9 Å². The molecule has 6 atom stereocenters. The van der Waals surface area contributed by atoms with Gasteiger partial charge < -0.3 is 26.2 Å². The summed E-state index contributed by atoms with van der Waals surface area (Å²) in [6.07, 6.45) is 4.22. The number of piperidine rings is 1. The van der Waals surface area contributed by atoms with Crippen LogP contribution < -0.4 is 21.3 Å². The summed E-state index contributed by atoms with van der Waals surface area (Å²) in [5.74, 6) is -2.61. The Balaban J connectivity index is 2.37. The average molecular weight is 711 g/mol. The molecule has 0 aromatic heterocycles. The Hall–Kier alpha value is -3.00. The highest BCUT2D eigenvalue weighted by Crippen LogP contribution is 2.65. The smallest absolute Gasteiger partial charge is 0.315 e. The van der Waals surface area contributed by atoms with Crippen molar-refractivity contribution in [3.63, 3.8) is 0 Å². The van der Waals surface area contributed by atoms with E-state index in [4.69, 9.17) is 0 Å². The topological polar surface area (TPSA) is 174 Å². The molecule has 2 rings (SSSR count). The van der Waals surface area contributed by atoms with Crippen LogP contribution in [-0.2, 0) is 29.2 Å². The van der Waals surface area contributed by atoms with Crippen LogP contribution in [0, 0.1) is 28.1 Å². The van der Waals surface area contributed by atoms with Gasteiger partial charge in [0.05, 0.1) is 12.3 Å². The van der Waals surface area contributed by atoms with Crippen molar-refractivity contribution in [3.05, 3.63) is 12.7 Å². The molecule has 13 nitrogen and oxygen atoms in total. The molecule has 49 heavy (non-hydrogen) atoms. The van der Waals surface area contributed by atoms with Gasteiger partial charge in [-0.2, -0.15) is 4.31 Å². The summed E-state index contributed by atoms with van der Waals surface area (Å²) in [5.41, 5.74) is -1.52. The number of ketones is 1. The van der Waals surface area contributed by atoms with Crippen molar-refractivity contribution >= 4 is 39.6 Å². The summed E-state index contributed by atoms with van der Waals surface area (Å²) in [5, 5.41) is 11.1. The molecule has 1 aliphatic carbocycles. The molecule has 280 valence electrons. The summed E-state index contributed by atoms with van der Waals surface area (Å²) in [7, 11) is -3.56. The van der Waals surface area contributed by atoms with Crippen molar-refractivity contribution in [2.24, 2.45) is 28.1 Å². The van der Waals surface area contributed by atoms with Crippen molar-refractivity contribution in [2.45, 2.75) is 126 Å². The van der Waals surface area contributed by atoms with E-state index in [0.29, 0.717) is 13.0 Å². The van der Waals surface area contributed by atoms with E-state index in [9.17, 15) is 32.4 Å². The molecular formula is C35H62N6O7S. The molecule has 0 bridgehead atoms. The largest absolute Gasteiger partial charge is 0.346 e. The lowest BCUT2D eigenvalue weighted by atomic mass is 9.85. The molecule has 1 unspecified atom stereocenters. The molecular weight excluding hydrogens is 648 g/mol. The average Bonchev–Trinajstić information content (AvgIpc) is 3.27. The van der Waals surface area contributed by atoms with Crippen molar-refractivity contribution in [1.29, 1.82) is 0 Å². The second kappa shape index (κ2) is 15.9. The monoisotopic (exact) mass is 710 g/mol. The molecule has 0 spiro atoms. The number of likely N-dealkylation sites (tertiary alicyclic amines) is 1. The van der Waals surface area contributed by atoms with Gasteiger partial charge in [0.15, 0.2) is 0 Å². The predicted octanol–water partition coefficient (Wildman–Crippen LogP) is 2.81. The van der Waals surface area contributed by atoms with E-state index in [2.05, 4.69) is 27.8 Å². The number of hydrogen-bond donors (Lipinski definition) is 4. The number of fused-ring (bicyclic) bond motifs is 1. The van der Waals surface area contributed by atoms with Gasteiger partial charge in [0.25, 0.3) is 5.91 Å². The number of carbonyl (C=O) groups is 5. The Morgan fingerprint density at radius 3 is 2.06 bits per heavy atom. The van der Waals surface area contributed by atoms with Gasteiger partial charge in [0, 0.05) is 31.7 Å². The lowest BCUT2D eigenvalue weighted by molar-refractivity contribution is -0.145. The minimum absolute atomic E-state index is 0.0396. The number of nitrogens with one attached hydrogen (secondary N) is 4. The summed E-state index contributed by atoms with van der Waals surface area (Å²) >= 11 is 0. The number of sulfonamides is 1. The number of unbranched alkanes of at least 4 members (excludes halogenated alkanes) is 1. The van der Waals surface area contributed by atoms with Crippen LogP contribution in [0.4, 0.5) is 4.79 Å². The maximum absolute atomic E-state index is 14.4. The Labute approximate surface area is 294 Å². The zero-order valence-corrected chi connectivity index (χ0v) is 32.5. The first-order valence-corrected chi connectivity index (χ1v) is 19.2. The summed E-state index contributed by atoms with van der Waals surface area (Å²) < 4.78 is 26.4. The normalized spacial score (nSPS) is 22.1. The van der Waals surface area contributed by atoms with Crippen molar-refractivity contribution < 1.29 is 32.4 Å². The molecule has 0 radical (unpaired) electrons. The summed E-state index contributed by atoms with van der Waals surface area (Å²) in [4.78, 5) is 69.2. The molecule has 1 heterocycles. The van der Waals surface area contributed by atoms with E-state index in [1.54, 1.807) is 13.8 Å². The highest BCUT2D eigenvalue weighted by atomic mass is 32.2. The third-order valence-electron chi connectivity index (χ3n) is 9.97. The minimum Gasteiger partial charge on any atom is -0.346 e. The standard InChI is InChI=1S/C35H62N6O7S/c1-14-16-17-23(27(42)30(44)36-18-15-2)37-29(43)26-25-22(35(25,11)12)19-40(26)31(45)28(34(8,9)10)39-32(46)38-24(33(5,6)7)20-41(21(3)4)49(13,47)48/h15,21-26,28H,2,14,16-20H2,1,3-13H3,(H,36,44)(H,37,43)(H2,38,39,46)/t22-,23?,24+,25-,26-,28+/m0/s1. The van der Waals surface area contributed by atoms with Gasteiger partial charge in [0.2, 0.25) is 27.6 Å². The fourth-order valence-corrected chi connectivity index (χ4v) is 7.93. The van der Waals surface area contributed by atoms with Crippen LogP contribution in [-0.4, -0.2) is 103 Å². The zero-order chi connectivity index (χ0) is 37.9. The highest BCUT2D eigenvalue weighted by molar-refractivity contribution is 7.88. The number of amides is 5. The fourth-order valence-electron chi connectivity index (χ4n) is 6.75. The minimum atomic E-state index is -3.56. The fraction of sp³-hybridized carbons (Fsp3) is 0.800. The van der Waals surface area contributed by atoms with Gasteiger partial charge >= 0.3 is 6.03 Å². The van der Waals surface area contributed by atoms with Gasteiger partial charge in [-0.25, -0.2) is 13.2 Å². The maximum atomic E-state index is 14.4. The molecule has 5 amide bonds. The Morgan fingerprint density at radius 1 is 1.00 bits per heavy atom. The summed E-state index contributed by atoms with van der Waals surface area (Å²) in [6.45, 7) is 24.7. The van der Waals surface area contributed by atoms with Crippen molar-refractivity contribution in [1.82, 2.24) is 30.5 Å². The molecule has 4 N–H and O–H groups in total. The highest BCUT2D eigenvalue weighted by Gasteiger charge is 2.70. The van der Waals surface area contributed by atoms with Crippen molar-refractivity contribution in [3.8, 4) is 0 Å². The van der Waals surface area contributed by atoms with E-state index < -0.39 is 74.6 Å². The molecule has 1 aliphatic heterocycles. The van der Waals surface area contributed by atoms with E-state index in [1.165, 1.54) is 15.3 Å². The lowest BCUT2D eigenvalue weighted by Crippen LogP contribution is -2.63. The second-order valence-electron chi connectivity index (χ2n) is 16.7. The predicted molar refractivity (Wildman–Crippen MR) is 191 cm³/mol. The first-order chi connectivity index (χ1) is 22.3. The third kappa shape index (κ3) is 10.5. The van der Waals surface area contributed by atoms with E-state index in [0.717, 1.165) is 12.7 Å². The molecule has 2 fully saturated rings. The molecule has 0 aromatic carbocycles.